The summed E-state index contributed by atoms with van der Waals surface area (Å²) in [5.41, 5.74) is 1.07. The Labute approximate surface area is 112 Å². The van der Waals surface area contributed by atoms with Crippen LogP contribution in [0.5, 0.6) is 0 Å². The van der Waals surface area contributed by atoms with Crippen LogP contribution < -0.4 is 0 Å². The molecule has 1 aliphatic heterocycles. The lowest BCUT2D eigenvalue weighted by Crippen LogP contribution is -2.17. The van der Waals surface area contributed by atoms with E-state index in [2.05, 4.69) is 4.99 Å². The minimum atomic E-state index is -0.246. The van der Waals surface area contributed by atoms with Gasteiger partial charge in [-0.2, -0.15) is 0 Å². The zero-order valence-electron chi connectivity index (χ0n) is 10.8. The van der Waals surface area contributed by atoms with Crippen LogP contribution in [0.2, 0.25) is 5.02 Å². The highest BCUT2D eigenvalue weighted by atomic mass is 35.5. The van der Waals surface area contributed by atoms with E-state index >= 15 is 0 Å². The number of carbonyl (C=O) groups is 1. The quantitative estimate of drug-likeness (QED) is 0.785. The van der Waals surface area contributed by atoms with Crippen molar-refractivity contribution in [1.29, 1.82) is 0 Å². The van der Waals surface area contributed by atoms with Gasteiger partial charge in [-0.3, -0.25) is 4.79 Å². The van der Waals surface area contributed by atoms with E-state index in [1.54, 1.807) is 18.2 Å². The molecular weight excluding hydrogens is 250 g/mol. The fourth-order valence-electron chi connectivity index (χ4n) is 1.85. The molecule has 96 valence electrons. The number of rotatable bonds is 3. The van der Waals surface area contributed by atoms with Crippen LogP contribution in [0.4, 0.5) is 0 Å². The number of Topliss-reactive ketones (excluding diaryl/α,β-unsaturated/α-hetero) is 1. The van der Waals surface area contributed by atoms with Gasteiger partial charge in [-0.25, -0.2) is 4.99 Å². The van der Waals surface area contributed by atoms with E-state index in [0.29, 0.717) is 35.1 Å². The van der Waals surface area contributed by atoms with E-state index in [4.69, 9.17) is 16.3 Å². The minimum Gasteiger partial charge on any atom is -0.475 e. The average molecular weight is 266 g/mol. The van der Waals surface area contributed by atoms with Gasteiger partial charge in [-0.1, -0.05) is 18.5 Å². The van der Waals surface area contributed by atoms with Crippen molar-refractivity contribution in [3.8, 4) is 0 Å². The second-order valence-corrected chi connectivity index (χ2v) is 5.42. The van der Waals surface area contributed by atoms with Crippen LogP contribution in [0.3, 0.4) is 0 Å². The Balaban J connectivity index is 2.50. The first-order valence-corrected chi connectivity index (χ1v) is 6.36. The molecule has 1 heterocycles. The Morgan fingerprint density at radius 3 is 2.78 bits per heavy atom. The molecule has 0 aromatic heterocycles. The zero-order valence-corrected chi connectivity index (χ0v) is 11.5. The molecule has 0 aliphatic carbocycles. The molecule has 0 atom stereocenters. The first-order chi connectivity index (χ1) is 8.43. The molecule has 18 heavy (non-hydrogen) atoms. The molecule has 4 heteroatoms. The lowest BCUT2D eigenvalue weighted by molar-refractivity contribution is 0.0987. The van der Waals surface area contributed by atoms with Crippen LogP contribution in [0.1, 0.15) is 43.1 Å². The van der Waals surface area contributed by atoms with Gasteiger partial charge in [0.2, 0.25) is 5.90 Å². The summed E-state index contributed by atoms with van der Waals surface area (Å²) in [6, 6.07) is 5.19. The second-order valence-electron chi connectivity index (χ2n) is 4.98. The van der Waals surface area contributed by atoms with E-state index in [9.17, 15) is 4.79 Å². The topological polar surface area (TPSA) is 38.7 Å². The van der Waals surface area contributed by atoms with Gasteiger partial charge in [-0.05, 0) is 32.0 Å². The van der Waals surface area contributed by atoms with Gasteiger partial charge in [0, 0.05) is 22.6 Å². The second kappa shape index (κ2) is 4.73. The smallest absolute Gasteiger partial charge is 0.217 e. The van der Waals surface area contributed by atoms with Gasteiger partial charge >= 0.3 is 0 Å². The molecule has 2 rings (SSSR count). The van der Waals surface area contributed by atoms with Crippen molar-refractivity contribution in [3.05, 3.63) is 34.3 Å². The van der Waals surface area contributed by atoms with Gasteiger partial charge in [0.05, 0.1) is 5.54 Å². The van der Waals surface area contributed by atoms with Gasteiger partial charge in [0.25, 0.3) is 0 Å². The Morgan fingerprint density at radius 1 is 1.50 bits per heavy atom. The monoisotopic (exact) mass is 265 g/mol. The van der Waals surface area contributed by atoms with E-state index in [-0.39, 0.29) is 11.3 Å². The summed E-state index contributed by atoms with van der Waals surface area (Å²) < 4.78 is 5.58. The zero-order chi connectivity index (χ0) is 13.3. The van der Waals surface area contributed by atoms with Gasteiger partial charge in [0.15, 0.2) is 5.78 Å². The van der Waals surface area contributed by atoms with Gasteiger partial charge < -0.3 is 4.74 Å². The van der Waals surface area contributed by atoms with Crippen LogP contribution in [0.25, 0.3) is 0 Å². The third-order valence-electron chi connectivity index (χ3n) is 2.80. The summed E-state index contributed by atoms with van der Waals surface area (Å²) in [5.74, 6) is 0.581. The van der Waals surface area contributed by atoms with Crippen LogP contribution in [0.15, 0.2) is 23.2 Å². The van der Waals surface area contributed by atoms with E-state index in [1.165, 1.54) is 0 Å². The summed E-state index contributed by atoms with van der Waals surface area (Å²) in [4.78, 5) is 16.4. The number of carbonyl (C=O) groups excluding carboxylic acids is 1. The largest absolute Gasteiger partial charge is 0.475 e. The maximum Gasteiger partial charge on any atom is 0.217 e. The van der Waals surface area contributed by atoms with E-state index < -0.39 is 0 Å². The number of aliphatic imine (C=N–C) groups is 1. The first kappa shape index (κ1) is 13.1. The summed E-state index contributed by atoms with van der Waals surface area (Å²) in [7, 11) is 0. The fraction of sp³-hybridized carbons (Fsp3) is 0.429. The molecule has 0 saturated heterocycles. The number of nitrogens with zero attached hydrogens (tertiary/aromatic N) is 1. The predicted octanol–water partition coefficient (Wildman–Crippen LogP) is 3.49. The minimum absolute atomic E-state index is 0.0673. The Morgan fingerprint density at radius 2 is 2.22 bits per heavy atom. The standard InChI is InChI=1S/C14H16ClNO2/c1-4-12(17)10-6-5-9(15)7-11(10)13-16-14(2,3)8-18-13/h5-7H,4,8H2,1-3H3. The molecule has 0 radical (unpaired) electrons. The fourth-order valence-corrected chi connectivity index (χ4v) is 2.02. The molecule has 1 aromatic carbocycles. The third-order valence-corrected chi connectivity index (χ3v) is 3.03. The molecule has 0 unspecified atom stereocenters. The van der Waals surface area contributed by atoms with Crippen LogP contribution in [-0.2, 0) is 4.74 Å². The van der Waals surface area contributed by atoms with Crippen molar-refractivity contribution in [2.75, 3.05) is 6.61 Å². The van der Waals surface area contributed by atoms with E-state index in [1.807, 2.05) is 20.8 Å². The Kier molecular flexibility index (Phi) is 3.44. The molecule has 0 saturated carbocycles. The number of hydrogen-bond donors (Lipinski definition) is 0. The molecule has 0 bridgehead atoms. The number of benzene rings is 1. The van der Waals surface area contributed by atoms with Crippen molar-refractivity contribution in [2.45, 2.75) is 32.7 Å². The highest BCUT2D eigenvalue weighted by molar-refractivity contribution is 6.31. The summed E-state index contributed by atoms with van der Waals surface area (Å²) in [6.45, 7) is 6.34. The first-order valence-electron chi connectivity index (χ1n) is 5.99. The lowest BCUT2D eigenvalue weighted by Gasteiger charge is -2.08. The predicted molar refractivity (Wildman–Crippen MR) is 72.6 cm³/mol. The number of halogens is 1. The normalized spacial score (nSPS) is 17.2. The van der Waals surface area contributed by atoms with Crippen molar-refractivity contribution in [3.63, 3.8) is 0 Å². The maximum atomic E-state index is 11.9. The SMILES string of the molecule is CCC(=O)c1ccc(Cl)cc1C1=NC(C)(C)CO1. The number of ketones is 1. The number of hydrogen-bond acceptors (Lipinski definition) is 3. The molecule has 1 aromatic rings. The Hall–Kier alpha value is -1.35. The maximum absolute atomic E-state index is 11.9. The third kappa shape index (κ3) is 2.56. The number of ether oxygens (including phenoxy) is 1. The van der Waals surface area contributed by atoms with Crippen molar-refractivity contribution in [1.82, 2.24) is 0 Å². The Bertz CT molecular complexity index is 521. The van der Waals surface area contributed by atoms with Gasteiger partial charge in [-0.15, -0.1) is 0 Å². The molecule has 0 fully saturated rings. The molecule has 3 nitrogen and oxygen atoms in total. The average Bonchev–Trinajstić information content (AvgIpc) is 2.68. The van der Waals surface area contributed by atoms with Crippen molar-refractivity contribution in [2.24, 2.45) is 4.99 Å². The molecular formula is C14H16ClNO2. The van der Waals surface area contributed by atoms with Crippen molar-refractivity contribution < 1.29 is 9.53 Å². The van der Waals surface area contributed by atoms with Crippen LogP contribution in [-0.4, -0.2) is 23.8 Å². The summed E-state index contributed by atoms with van der Waals surface area (Å²) in [6.07, 6.45) is 0.450. The highest BCUT2D eigenvalue weighted by Gasteiger charge is 2.29. The van der Waals surface area contributed by atoms with Crippen molar-refractivity contribution >= 4 is 23.3 Å². The summed E-state index contributed by atoms with van der Waals surface area (Å²) >= 11 is 5.99. The van der Waals surface area contributed by atoms with Gasteiger partial charge in [0.1, 0.15) is 6.61 Å². The molecule has 1 aliphatic rings. The van der Waals surface area contributed by atoms with Crippen LogP contribution in [0, 0.1) is 0 Å². The van der Waals surface area contributed by atoms with Crippen LogP contribution >= 0.6 is 11.6 Å². The summed E-state index contributed by atoms with van der Waals surface area (Å²) in [5, 5.41) is 0.577. The highest BCUT2D eigenvalue weighted by Crippen LogP contribution is 2.25. The lowest BCUT2D eigenvalue weighted by atomic mass is 10.0. The molecule has 0 amide bonds. The van der Waals surface area contributed by atoms with E-state index in [0.717, 1.165) is 0 Å². The molecule has 0 N–H and O–H groups in total. The molecule has 0 spiro atoms.